The molecule has 10 heavy (non-hydrogen) atoms. The third kappa shape index (κ3) is 3.38. The van der Waals surface area contributed by atoms with Gasteiger partial charge in [-0.25, -0.2) is 0 Å². The molecule has 0 aromatic rings. The largest absolute Gasteiger partial charge is 0.376 e. The predicted octanol–water partition coefficient (Wildman–Crippen LogP) is 1.42. The van der Waals surface area contributed by atoms with Crippen LogP contribution in [0.15, 0.2) is 0 Å². The summed E-state index contributed by atoms with van der Waals surface area (Å²) in [7, 11) is 1.33. The Morgan fingerprint density at radius 1 is 1.60 bits per heavy atom. The summed E-state index contributed by atoms with van der Waals surface area (Å²) in [5.41, 5.74) is 0. The van der Waals surface area contributed by atoms with Crippen molar-refractivity contribution in [2.24, 2.45) is 0 Å². The number of rotatable bonds is 3. The van der Waals surface area contributed by atoms with Crippen LogP contribution in [-0.4, -0.2) is 32.5 Å². The molecule has 1 saturated heterocycles. The first-order chi connectivity index (χ1) is 4.93. The smallest absolute Gasteiger partial charge is 0.105 e. The molecule has 0 N–H and O–H groups in total. The highest BCUT2D eigenvalue weighted by Crippen LogP contribution is 2.14. The first-order valence-electron chi connectivity index (χ1n) is 3.03. The SMILES string of the molecule is ISOCC1COCCO1. The summed E-state index contributed by atoms with van der Waals surface area (Å²) < 4.78 is 15.5. The van der Waals surface area contributed by atoms with Crippen LogP contribution in [0.1, 0.15) is 0 Å². The van der Waals surface area contributed by atoms with E-state index in [1.807, 2.05) is 0 Å². The molecule has 0 saturated carbocycles. The molecule has 0 aliphatic carbocycles. The van der Waals surface area contributed by atoms with Gasteiger partial charge in [0.25, 0.3) is 0 Å². The summed E-state index contributed by atoms with van der Waals surface area (Å²) in [6.07, 6.45) is 0.135. The molecular formula is C5H9IO3S. The summed E-state index contributed by atoms with van der Waals surface area (Å²) >= 11 is 2.08. The van der Waals surface area contributed by atoms with Crippen molar-refractivity contribution in [2.75, 3.05) is 26.4 Å². The Bertz CT molecular complexity index is 87.0. The highest BCUT2D eigenvalue weighted by atomic mass is 127. The zero-order chi connectivity index (χ0) is 7.23. The van der Waals surface area contributed by atoms with Gasteiger partial charge >= 0.3 is 0 Å². The topological polar surface area (TPSA) is 27.7 Å². The van der Waals surface area contributed by atoms with Crippen molar-refractivity contribution in [3.05, 3.63) is 0 Å². The van der Waals surface area contributed by atoms with Gasteiger partial charge in [-0.1, -0.05) is 0 Å². The molecule has 0 amide bonds. The van der Waals surface area contributed by atoms with Gasteiger partial charge in [0.1, 0.15) is 6.10 Å². The van der Waals surface area contributed by atoms with Crippen LogP contribution < -0.4 is 0 Å². The third-order valence-corrected chi connectivity index (χ3v) is 2.17. The van der Waals surface area contributed by atoms with Crippen molar-refractivity contribution < 1.29 is 13.7 Å². The molecular weight excluding hydrogens is 267 g/mol. The Balaban J connectivity index is 2.02. The maximum Gasteiger partial charge on any atom is 0.105 e. The molecule has 0 radical (unpaired) electrons. The molecule has 1 rings (SSSR count). The van der Waals surface area contributed by atoms with Gasteiger partial charge in [0.15, 0.2) is 0 Å². The van der Waals surface area contributed by atoms with Gasteiger partial charge in [-0.2, -0.15) is 0 Å². The number of halogens is 1. The van der Waals surface area contributed by atoms with Crippen LogP contribution >= 0.6 is 30.4 Å². The van der Waals surface area contributed by atoms with E-state index in [0.29, 0.717) is 26.4 Å². The van der Waals surface area contributed by atoms with E-state index in [-0.39, 0.29) is 6.10 Å². The molecule has 3 nitrogen and oxygen atoms in total. The molecule has 1 aliphatic rings. The molecule has 5 heteroatoms. The fraction of sp³-hybridized carbons (Fsp3) is 1.00. The number of hydrogen-bond acceptors (Lipinski definition) is 4. The summed E-state index contributed by atoms with van der Waals surface area (Å²) in [4.78, 5) is 0. The monoisotopic (exact) mass is 276 g/mol. The second-order valence-corrected chi connectivity index (χ2v) is 3.36. The fourth-order valence-electron chi connectivity index (χ4n) is 0.734. The van der Waals surface area contributed by atoms with Gasteiger partial charge < -0.3 is 13.7 Å². The minimum atomic E-state index is 0.135. The number of hydrogen-bond donors (Lipinski definition) is 0. The van der Waals surface area contributed by atoms with Gasteiger partial charge in [0.05, 0.1) is 35.6 Å². The Hall–Kier alpha value is 0.960. The first kappa shape index (κ1) is 9.05. The summed E-state index contributed by atoms with van der Waals surface area (Å²) in [5, 5.41) is 0. The van der Waals surface area contributed by atoms with E-state index in [0.717, 1.165) is 0 Å². The second kappa shape index (κ2) is 5.59. The third-order valence-electron chi connectivity index (χ3n) is 1.18. The van der Waals surface area contributed by atoms with E-state index in [4.69, 9.17) is 13.7 Å². The highest BCUT2D eigenvalue weighted by Gasteiger charge is 2.13. The molecule has 1 fully saturated rings. The van der Waals surface area contributed by atoms with Gasteiger partial charge in [-0.15, -0.1) is 0 Å². The zero-order valence-electron chi connectivity index (χ0n) is 5.42. The minimum Gasteiger partial charge on any atom is -0.376 e. The lowest BCUT2D eigenvalue weighted by Gasteiger charge is -2.21. The van der Waals surface area contributed by atoms with Gasteiger partial charge in [0.2, 0.25) is 0 Å². The zero-order valence-corrected chi connectivity index (χ0v) is 8.39. The predicted molar refractivity (Wildman–Crippen MR) is 48.1 cm³/mol. The van der Waals surface area contributed by atoms with Gasteiger partial charge in [-0.05, 0) is 0 Å². The lowest BCUT2D eigenvalue weighted by Crippen LogP contribution is -2.31. The standard InChI is InChI=1S/C5H9IO3S/c6-10-9-4-5-3-7-1-2-8-5/h5H,1-4H2. The average molecular weight is 276 g/mol. The molecule has 0 bridgehead atoms. The normalized spacial score (nSPS) is 26.7. The van der Waals surface area contributed by atoms with Crippen LogP contribution in [0, 0.1) is 0 Å². The van der Waals surface area contributed by atoms with Crippen LogP contribution in [0.5, 0.6) is 0 Å². The van der Waals surface area contributed by atoms with E-state index in [2.05, 4.69) is 21.2 Å². The quantitative estimate of drug-likeness (QED) is 0.575. The van der Waals surface area contributed by atoms with E-state index < -0.39 is 0 Å². The molecule has 0 aromatic carbocycles. The van der Waals surface area contributed by atoms with Crippen molar-refractivity contribution in [3.63, 3.8) is 0 Å². The van der Waals surface area contributed by atoms with Gasteiger partial charge in [0, 0.05) is 21.2 Å². The van der Waals surface area contributed by atoms with Crippen LogP contribution in [-0.2, 0) is 13.7 Å². The maximum absolute atomic E-state index is 5.31. The van der Waals surface area contributed by atoms with Crippen molar-refractivity contribution in [1.29, 1.82) is 0 Å². The van der Waals surface area contributed by atoms with Crippen LogP contribution in [0.4, 0.5) is 0 Å². The lowest BCUT2D eigenvalue weighted by atomic mass is 10.4. The molecule has 1 heterocycles. The van der Waals surface area contributed by atoms with Crippen molar-refractivity contribution in [1.82, 2.24) is 0 Å². The fourth-order valence-corrected chi connectivity index (χ4v) is 1.38. The van der Waals surface area contributed by atoms with Gasteiger partial charge in [-0.3, -0.25) is 0 Å². The van der Waals surface area contributed by atoms with Crippen molar-refractivity contribution in [2.45, 2.75) is 6.10 Å². The maximum atomic E-state index is 5.31. The van der Waals surface area contributed by atoms with Crippen LogP contribution in [0.2, 0.25) is 0 Å². The summed E-state index contributed by atoms with van der Waals surface area (Å²) in [6, 6.07) is 0. The van der Waals surface area contributed by atoms with E-state index in [9.17, 15) is 0 Å². The molecule has 1 unspecified atom stereocenters. The average Bonchev–Trinajstić information content (AvgIpc) is 2.03. The second-order valence-electron chi connectivity index (χ2n) is 1.92. The van der Waals surface area contributed by atoms with Crippen LogP contribution in [0.3, 0.4) is 0 Å². The molecule has 0 spiro atoms. The Labute approximate surface area is 76.6 Å². The first-order valence-corrected chi connectivity index (χ1v) is 6.31. The minimum absolute atomic E-state index is 0.135. The molecule has 0 aromatic heterocycles. The highest BCUT2D eigenvalue weighted by molar-refractivity contribution is 14.2. The Morgan fingerprint density at radius 2 is 2.50 bits per heavy atom. The Morgan fingerprint density at radius 3 is 3.10 bits per heavy atom. The van der Waals surface area contributed by atoms with Crippen molar-refractivity contribution >= 4 is 30.4 Å². The molecule has 1 aliphatic heterocycles. The summed E-state index contributed by atoms with van der Waals surface area (Å²) in [6.45, 7) is 2.69. The van der Waals surface area contributed by atoms with E-state index >= 15 is 0 Å². The lowest BCUT2D eigenvalue weighted by molar-refractivity contribution is -0.0991. The van der Waals surface area contributed by atoms with E-state index in [1.54, 1.807) is 0 Å². The Kier molecular flexibility index (Phi) is 5.06. The molecule has 1 atom stereocenters. The van der Waals surface area contributed by atoms with Crippen LogP contribution in [0.25, 0.3) is 0 Å². The number of ether oxygens (including phenoxy) is 2. The summed E-state index contributed by atoms with van der Waals surface area (Å²) in [5.74, 6) is 0. The van der Waals surface area contributed by atoms with E-state index in [1.165, 1.54) is 9.21 Å². The molecule has 60 valence electrons. The van der Waals surface area contributed by atoms with Crippen molar-refractivity contribution in [3.8, 4) is 0 Å².